The van der Waals surface area contributed by atoms with Gasteiger partial charge in [-0.3, -0.25) is 4.79 Å². The number of rotatable bonds is 2. The van der Waals surface area contributed by atoms with Gasteiger partial charge >= 0.3 is 0 Å². The average molecular weight is 272 g/mol. The lowest BCUT2D eigenvalue weighted by Gasteiger charge is -2.19. The molecule has 1 N–H and O–H groups in total. The van der Waals surface area contributed by atoms with Gasteiger partial charge in [-0.1, -0.05) is 35.4 Å². The Labute approximate surface area is 109 Å². The highest BCUT2D eigenvalue weighted by Gasteiger charge is 2.17. The predicted molar refractivity (Wildman–Crippen MR) is 66.3 cm³/mol. The molecule has 1 aromatic rings. The molecule has 0 bridgehead atoms. The van der Waals surface area contributed by atoms with E-state index in [1.807, 2.05) is 0 Å². The number of hydrogen-bond acceptors (Lipinski definition) is 3. The summed E-state index contributed by atoms with van der Waals surface area (Å²) in [5.74, 6) is -0.257. The van der Waals surface area contributed by atoms with Gasteiger partial charge in [-0.15, -0.1) is 10.2 Å². The van der Waals surface area contributed by atoms with Gasteiger partial charge in [-0.05, 0) is 25.3 Å². The first-order valence-corrected chi connectivity index (χ1v) is 6.07. The fraction of sp³-hybridized carbons (Fsp3) is 0.364. The molecule has 0 spiro atoms. The van der Waals surface area contributed by atoms with Gasteiger partial charge in [-0.2, -0.15) is 0 Å². The van der Waals surface area contributed by atoms with Gasteiger partial charge < -0.3 is 5.32 Å². The number of carbonyl (C=O) groups is 1. The summed E-state index contributed by atoms with van der Waals surface area (Å²) in [5, 5.41) is 10.3. The second-order valence-electron chi connectivity index (χ2n) is 3.83. The lowest BCUT2D eigenvalue weighted by atomic mass is 10.0. The van der Waals surface area contributed by atoms with Crippen molar-refractivity contribution >= 4 is 29.1 Å². The van der Waals surface area contributed by atoms with Gasteiger partial charge in [0.05, 0.1) is 5.56 Å². The molecule has 1 aromatic heterocycles. The zero-order chi connectivity index (χ0) is 12.3. The standard InChI is InChI=1S/C11H11Cl2N3O/c12-9-6-8(10(13)16-15-9)11(17)14-7-4-2-1-3-5-7/h1-2,6-7H,3-5H2,(H,14,17). The Kier molecular flexibility index (Phi) is 3.97. The predicted octanol–water partition coefficient (Wildman–Crippen LogP) is 2.62. The van der Waals surface area contributed by atoms with E-state index in [1.54, 1.807) is 0 Å². The van der Waals surface area contributed by atoms with Crippen LogP contribution in [0.15, 0.2) is 18.2 Å². The van der Waals surface area contributed by atoms with E-state index in [9.17, 15) is 4.79 Å². The molecule has 0 aliphatic heterocycles. The van der Waals surface area contributed by atoms with E-state index in [-0.39, 0.29) is 27.8 Å². The van der Waals surface area contributed by atoms with E-state index in [0.29, 0.717) is 0 Å². The highest BCUT2D eigenvalue weighted by molar-refractivity contribution is 6.34. The van der Waals surface area contributed by atoms with E-state index in [0.717, 1.165) is 19.3 Å². The Morgan fingerprint density at radius 2 is 2.18 bits per heavy atom. The molecule has 1 unspecified atom stereocenters. The van der Waals surface area contributed by atoms with Crippen molar-refractivity contribution in [3.8, 4) is 0 Å². The first-order valence-electron chi connectivity index (χ1n) is 5.31. The first kappa shape index (κ1) is 12.3. The summed E-state index contributed by atoms with van der Waals surface area (Å²) in [6, 6.07) is 1.57. The molecule has 1 amide bonds. The second-order valence-corrected chi connectivity index (χ2v) is 4.57. The summed E-state index contributed by atoms with van der Waals surface area (Å²) in [7, 11) is 0. The van der Waals surface area contributed by atoms with Crippen LogP contribution in [-0.2, 0) is 0 Å². The molecular formula is C11H11Cl2N3O. The lowest BCUT2D eigenvalue weighted by Crippen LogP contribution is -2.35. The van der Waals surface area contributed by atoms with E-state index in [2.05, 4.69) is 27.7 Å². The van der Waals surface area contributed by atoms with Crippen LogP contribution in [0.2, 0.25) is 10.3 Å². The van der Waals surface area contributed by atoms with Crippen molar-refractivity contribution in [3.63, 3.8) is 0 Å². The van der Waals surface area contributed by atoms with Gasteiger partial charge in [0.25, 0.3) is 5.91 Å². The molecular weight excluding hydrogens is 261 g/mol. The molecule has 0 fully saturated rings. The van der Waals surface area contributed by atoms with Crippen molar-refractivity contribution in [2.24, 2.45) is 0 Å². The van der Waals surface area contributed by atoms with Gasteiger partial charge in [0.15, 0.2) is 10.3 Å². The topological polar surface area (TPSA) is 54.9 Å². The number of nitrogens with zero attached hydrogens (tertiary/aromatic N) is 2. The molecule has 0 saturated heterocycles. The maximum atomic E-state index is 11.9. The van der Waals surface area contributed by atoms with Crippen LogP contribution in [0.3, 0.4) is 0 Å². The third-order valence-electron chi connectivity index (χ3n) is 2.57. The first-order chi connectivity index (χ1) is 8.16. The van der Waals surface area contributed by atoms with Crippen LogP contribution in [0.25, 0.3) is 0 Å². The van der Waals surface area contributed by atoms with Crippen LogP contribution < -0.4 is 5.32 Å². The summed E-state index contributed by atoms with van der Waals surface area (Å²) >= 11 is 11.5. The highest BCUT2D eigenvalue weighted by atomic mass is 35.5. The minimum Gasteiger partial charge on any atom is -0.349 e. The van der Waals surface area contributed by atoms with Gasteiger partial charge in [0.2, 0.25) is 0 Å². The summed E-state index contributed by atoms with van der Waals surface area (Å²) in [5.41, 5.74) is 0.265. The molecule has 17 heavy (non-hydrogen) atoms. The van der Waals surface area contributed by atoms with Crippen LogP contribution in [-0.4, -0.2) is 22.1 Å². The summed E-state index contributed by atoms with van der Waals surface area (Å²) in [4.78, 5) is 11.9. The average Bonchev–Trinajstić information content (AvgIpc) is 2.33. The van der Waals surface area contributed by atoms with Crippen LogP contribution >= 0.6 is 23.2 Å². The molecule has 6 heteroatoms. The monoisotopic (exact) mass is 271 g/mol. The van der Waals surface area contributed by atoms with Crippen LogP contribution in [0.4, 0.5) is 0 Å². The molecule has 1 atom stereocenters. The molecule has 4 nitrogen and oxygen atoms in total. The number of allylic oxidation sites excluding steroid dienone is 1. The summed E-state index contributed by atoms with van der Waals surface area (Å²) in [6.45, 7) is 0. The number of carbonyl (C=O) groups excluding carboxylic acids is 1. The fourth-order valence-electron chi connectivity index (χ4n) is 1.70. The Morgan fingerprint density at radius 1 is 1.35 bits per heavy atom. The molecule has 1 aliphatic rings. The number of hydrogen-bond donors (Lipinski definition) is 1. The summed E-state index contributed by atoms with van der Waals surface area (Å²) < 4.78 is 0. The second kappa shape index (κ2) is 5.47. The van der Waals surface area contributed by atoms with Crippen molar-refractivity contribution < 1.29 is 4.79 Å². The van der Waals surface area contributed by atoms with Gasteiger partial charge in [0, 0.05) is 6.04 Å². The summed E-state index contributed by atoms with van der Waals surface area (Å²) in [6.07, 6.45) is 6.93. The van der Waals surface area contributed by atoms with Gasteiger partial charge in [0.1, 0.15) is 0 Å². The highest BCUT2D eigenvalue weighted by Crippen LogP contribution is 2.17. The van der Waals surface area contributed by atoms with Crippen molar-refractivity contribution in [1.82, 2.24) is 15.5 Å². The van der Waals surface area contributed by atoms with Crippen LogP contribution in [0, 0.1) is 0 Å². The van der Waals surface area contributed by atoms with E-state index in [4.69, 9.17) is 23.2 Å². The molecule has 0 aromatic carbocycles. The van der Waals surface area contributed by atoms with Crippen molar-refractivity contribution in [2.45, 2.75) is 25.3 Å². The van der Waals surface area contributed by atoms with Gasteiger partial charge in [-0.25, -0.2) is 0 Å². The Morgan fingerprint density at radius 3 is 2.88 bits per heavy atom. The third-order valence-corrected chi connectivity index (χ3v) is 3.03. The Balaban J connectivity index is 2.08. The third kappa shape index (κ3) is 3.17. The van der Waals surface area contributed by atoms with Crippen molar-refractivity contribution in [1.29, 1.82) is 0 Å². The molecule has 1 heterocycles. The maximum Gasteiger partial charge on any atom is 0.254 e. The SMILES string of the molecule is O=C(NC1CC=CCC1)c1cc(Cl)nnc1Cl. The smallest absolute Gasteiger partial charge is 0.254 e. The number of nitrogens with one attached hydrogen (secondary N) is 1. The zero-order valence-electron chi connectivity index (χ0n) is 8.99. The normalized spacial score (nSPS) is 19.1. The van der Waals surface area contributed by atoms with Crippen molar-refractivity contribution in [2.75, 3.05) is 0 Å². The molecule has 1 aliphatic carbocycles. The molecule has 90 valence electrons. The minimum absolute atomic E-state index is 0.0678. The van der Waals surface area contributed by atoms with E-state index >= 15 is 0 Å². The van der Waals surface area contributed by atoms with E-state index < -0.39 is 0 Å². The Hall–Kier alpha value is -1.13. The molecule has 2 rings (SSSR count). The number of halogens is 2. The Bertz CT molecular complexity index is 462. The lowest BCUT2D eigenvalue weighted by molar-refractivity contribution is 0.0934. The van der Waals surface area contributed by atoms with Crippen LogP contribution in [0.1, 0.15) is 29.6 Å². The minimum atomic E-state index is -0.257. The van der Waals surface area contributed by atoms with Crippen LogP contribution in [0.5, 0.6) is 0 Å². The zero-order valence-corrected chi connectivity index (χ0v) is 10.5. The maximum absolute atomic E-state index is 11.9. The number of amides is 1. The molecule has 0 saturated carbocycles. The fourth-order valence-corrected chi connectivity index (χ4v) is 2.03. The quantitative estimate of drug-likeness (QED) is 0.842. The van der Waals surface area contributed by atoms with Crippen molar-refractivity contribution in [3.05, 3.63) is 34.1 Å². The number of aromatic nitrogens is 2. The van der Waals surface area contributed by atoms with E-state index in [1.165, 1.54) is 6.07 Å². The molecule has 0 radical (unpaired) electrons. The largest absolute Gasteiger partial charge is 0.349 e.